The van der Waals surface area contributed by atoms with E-state index < -0.39 is 18.4 Å². The van der Waals surface area contributed by atoms with Gasteiger partial charge in [-0.05, 0) is 44.9 Å². The third-order valence-electron chi connectivity index (χ3n) is 8.12. The first-order chi connectivity index (χ1) is 23.2. The summed E-state index contributed by atoms with van der Waals surface area (Å²) in [5.41, 5.74) is 0. The lowest BCUT2D eigenvalue weighted by Crippen LogP contribution is -2.44. The van der Waals surface area contributed by atoms with Gasteiger partial charge in [-0.2, -0.15) is 0 Å². The molecule has 0 fully saturated rings. The fourth-order valence-corrected chi connectivity index (χ4v) is 5.07. The minimum Gasteiger partial charge on any atom is -0.545 e. The summed E-state index contributed by atoms with van der Waals surface area (Å²) in [7, 11) is 5.87. The van der Waals surface area contributed by atoms with Crippen LogP contribution in [0, 0.1) is 0 Å². The first kappa shape index (κ1) is 46.0. The van der Waals surface area contributed by atoms with Gasteiger partial charge in [0.1, 0.15) is 19.3 Å². The number of nitrogens with zero attached hydrogens (tertiary/aromatic N) is 1. The number of carbonyl (C=O) groups excluding carboxylic acids is 2. The minimum absolute atomic E-state index is 0.169. The van der Waals surface area contributed by atoms with Crippen LogP contribution in [0.2, 0.25) is 0 Å². The molecule has 0 aliphatic heterocycles. The maximum atomic E-state index is 12.0. The van der Waals surface area contributed by atoms with E-state index in [0.717, 1.165) is 32.1 Å². The molecule has 8 nitrogen and oxygen atoms in total. The number of aliphatic hydroxyl groups is 1. The second-order valence-corrected chi connectivity index (χ2v) is 14.1. The lowest BCUT2D eigenvalue weighted by molar-refractivity contribution is -0.870. The average Bonchev–Trinajstić information content (AvgIpc) is 3.04. The van der Waals surface area contributed by atoms with Crippen molar-refractivity contribution in [1.29, 1.82) is 0 Å². The number of esters is 1. The fourth-order valence-electron chi connectivity index (χ4n) is 5.07. The third kappa shape index (κ3) is 35.3. The highest BCUT2D eigenvalue weighted by atomic mass is 16.7. The molecule has 2 unspecified atom stereocenters. The molecule has 0 bridgehead atoms. The number of allylic oxidation sites excluding steroid dienone is 6. The highest BCUT2D eigenvalue weighted by Gasteiger charge is 2.17. The highest BCUT2D eigenvalue weighted by Crippen LogP contribution is 2.14. The topological polar surface area (TPSA) is 105 Å². The van der Waals surface area contributed by atoms with Gasteiger partial charge < -0.3 is 33.7 Å². The van der Waals surface area contributed by atoms with Crippen molar-refractivity contribution in [1.82, 2.24) is 0 Å². The van der Waals surface area contributed by atoms with Crippen molar-refractivity contribution >= 4 is 11.9 Å². The summed E-state index contributed by atoms with van der Waals surface area (Å²) in [6.07, 6.45) is 37.3. The molecule has 0 aromatic carbocycles. The van der Waals surface area contributed by atoms with E-state index in [4.69, 9.17) is 14.2 Å². The Bertz CT molecular complexity index is 834. The molecule has 2 atom stereocenters. The maximum Gasteiger partial charge on any atom is 0.305 e. The van der Waals surface area contributed by atoms with Crippen LogP contribution < -0.4 is 5.11 Å². The van der Waals surface area contributed by atoms with Crippen molar-refractivity contribution in [3.63, 3.8) is 0 Å². The van der Waals surface area contributed by atoms with Gasteiger partial charge in [0.15, 0.2) is 6.29 Å². The zero-order chi connectivity index (χ0) is 35.6. The van der Waals surface area contributed by atoms with Gasteiger partial charge in [0.2, 0.25) is 0 Å². The van der Waals surface area contributed by atoms with Crippen molar-refractivity contribution in [2.45, 2.75) is 161 Å². The number of aliphatic hydroxyl groups excluding tert-OH is 1. The van der Waals surface area contributed by atoms with Crippen molar-refractivity contribution in [2.24, 2.45) is 0 Å². The Kier molecular flexibility index (Phi) is 32.1. The molecule has 0 aliphatic rings. The summed E-state index contributed by atoms with van der Waals surface area (Å²) in [5.74, 6) is -1.87. The Morgan fingerprint density at radius 2 is 1.10 bits per heavy atom. The summed E-state index contributed by atoms with van der Waals surface area (Å²) in [6, 6.07) is 0. The molecule has 1 N–H and O–H groups in total. The Morgan fingerprint density at radius 1 is 0.646 bits per heavy atom. The van der Waals surface area contributed by atoms with Crippen molar-refractivity contribution in [2.75, 3.05) is 47.5 Å². The molecule has 0 radical (unpaired) electrons. The molecule has 0 rings (SSSR count). The maximum absolute atomic E-state index is 12.0. The summed E-state index contributed by atoms with van der Waals surface area (Å²) in [5, 5.41) is 21.2. The molecule has 0 aromatic heterocycles. The first-order valence-corrected chi connectivity index (χ1v) is 19.2. The number of carbonyl (C=O) groups is 2. The number of ether oxygens (including phenoxy) is 3. The normalized spacial score (nSPS) is 13.6. The molecule has 0 aromatic rings. The van der Waals surface area contributed by atoms with Crippen LogP contribution in [0.3, 0.4) is 0 Å². The fraction of sp³-hybridized carbons (Fsp3) is 0.800. The van der Waals surface area contributed by atoms with Gasteiger partial charge in [0, 0.05) is 6.42 Å². The molecule has 8 heteroatoms. The van der Waals surface area contributed by atoms with Crippen LogP contribution in [0.1, 0.15) is 148 Å². The van der Waals surface area contributed by atoms with Crippen LogP contribution in [-0.2, 0) is 23.8 Å². The van der Waals surface area contributed by atoms with Gasteiger partial charge in [-0.3, -0.25) is 4.79 Å². The van der Waals surface area contributed by atoms with E-state index >= 15 is 0 Å². The predicted molar refractivity (Wildman–Crippen MR) is 195 cm³/mol. The Labute approximate surface area is 294 Å². The third-order valence-corrected chi connectivity index (χ3v) is 8.12. The minimum atomic E-state index is -1.57. The van der Waals surface area contributed by atoms with E-state index in [2.05, 4.69) is 43.4 Å². The quantitative estimate of drug-likeness (QED) is 0.0238. The Morgan fingerprint density at radius 3 is 1.58 bits per heavy atom. The van der Waals surface area contributed by atoms with E-state index in [1.807, 2.05) is 21.1 Å². The van der Waals surface area contributed by atoms with Gasteiger partial charge in [0.25, 0.3) is 0 Å². The van der Waals surface area contributed by atoms with Crippen LogP contribution in [0.4, 0.5) is 0 Å². The number of hydrogen-bond donors (Lipinski definition) is 1. The smallest absolute Gasteiger partial charge is 0.305 e. The number of aliphatic carboxylic acids is 1. The van der Waals surface area contributed by atoms with E-state index in [1.165, 1.54) is 103 Å². The van der Waals surface area contributed by atoms with Gasteiger partial charge in [-0.25, -0.2) is 0 Å². The zero-order valence-electron chi connectivity index (χ0n) is 31.3. The lowest BCUT2D eigenvalue weighted by atomic mass is 10.0. The van der Waals surface area contributed by atoms with Crippen molar-refractivity contribution < 1.29 is 38.5 Å². The number of carboxylic acid groups (broad SMARTS) is 1. The molecular formula is C40H73NO7. The van der Waals surface area contributed by atoms with E-state index in [1.54, 1.807) is 0 Å². The lowest BCUT2D eigenvalue weighted by Gasteiger charge is -2.26. The van der Waals surface area contributed by atoms with Crippen molar-refractivity contribution in [3.8, 4) is 0 Å². The van der Waals surface area contributed by atoms with E-state index in [-0.39, 0.29) is 25.8 Å². The second kappa shape index (κ2) is 33.5. The monoisotopic (exact) mass is 680 g/mol. The predicted octanol–water partition coefficient (Wildman–Crippen LogP) is 7.98. The molecule has 280 valence electrons. The summed E-state index contributed by atoms with van der Waals surface area (Å²) >= 11 is 0. The standard InChI is InChI=1S/C40H73NO7/c1-5-6-7-8-9-10-11-12-13-14-15-16-17-18-19-20-21-22-23-24-25-26-27-28-29-30-31-32-38(43)47-35-37(42)36-48-40(39(44)45)46-34-33-41(2,3)4/h11-12,14-15,17-18,37,40,42H,5-10,13,16,19-36H2,1-4H3/b12-11-,15-14-,18-17-. The molecule has 0 aliphatic carbocycles. The molecule has 0 spiro atoms. The van der Waals surface area contributed by atoms with Gasteiger partial charge in [-0.1, -0.05) is 133 Å². The number of hydrogen-bond acceptors (Lipinski definition) is 7. The number of quaternary nitrogens is 1. The van der Waals surface area contributed by atoms with Crippen LogP contribution in [-0.4, -0.2) is 81.4 Å². The van der Waals surface area contributed by atoms with Gasteiger partial charge in [-0.15, -0.1) is 0 Å². The van der Waals surface area contributed by atoms with Gasteiger partial charge >= 0.3 is 5.97 Å². The summed E-state index contributed by atoms with van der Waals surface area (Å²) < 4.78 is 16.0. The molecule has 48 heavy (non-hydrogen) atoms. The van der Waals surface area contributed by atoms with Crippen LogP contribution in [0.5, 0.6) is 0 Å². The zero-order valence-corrected chi connectivity index (χ0v) is 31.3. The summed E-state index contributed by atoms with van der Waals surface area (Å²) in [4.78, 5) is 23.1. The number of rotatable bonds is 35. The van der Waals surface area contributed by atoms with E-state index in [0.29, 0.717) is 17.4 Å². The number of likely N-dealkylation sites (N-methyl/N-ethyl adjacent to an activating group) is 1. The van der Waals surface area contributed by atoms with Gasteiger partial charge in [0.05, 0.1) is 40.3 Å². The Balaban J connectivity index is 3.51. The van der Waals surface area contributed by atoms with Crippen LogP contribution in [0.15, 0.2) is 36.5 Å². The largest absolute Gasteiger partial charge is 0.545 e. The number of carboxylic acids is 1. The highest BCUT2D eigenvalue weighted by molar-refractivity contribution is 5.69. The Hall–Kier alpha value is -2.00. The molecule has 0 heterocycles. The molecular weight excluding hydrogens is 606 g/mol. The van der Waals surface area contributed by atoms with Crippen molar-refractivity contribution in [3.05, 3.63) is 36.5 Å². The second-order valence-electron chi connectivity index (χ2n) is 14.1. The van der Waals surface area contributed by atoms with E-state index in [9.17, 15) is 19.8 Å². The molecule has 0 saturated carbocycles. The molecule has 0 saturated heterocycles. The molecule has 0 amide bonds. The van der Waals surface area contributed by atoms with Crippen LogP contribution in [0.25, 0.3) is 0 Å². The number of unbranched alkanes of at least 4 members (excludes halogenated alkanes) is 17. The van der Waals surface area contributed by atoms with Crippen LogP contribution >= 0.6 is 0 Å². The SMILES string of the molecule is CCCCCCC/C=C\C/C=C\C/C=C\CCCCCCCCCCCCCCC(=O)OCC(O)COC(OCC[N+](C)(C)C)C(=O)[O-]. The average molecular weight is 680 g/mol. The summed E-state index contributed by atoms with van der Waals surface area (Å²) in [6.45, 7) is 2.44. The first-order valence-electron chi connectivity index (χ1n) is 19.2.